The number of hydrogen-bond donors (Lipinski definition) is 2. The molecular formula is C11H16N3O4Tl. The van der Waals surface area contributed by atoms with Crippen LogP contribution in [0.1, 0.15) is 24.6 Å². The fraction of sp³-hybridized carbons (Fsp3) is 0.636. The van der Waals surface area contributed by atoms with Crippen LogP contribution >= 0.6 is 0 Å². The zero-order chi connectivity index (χ0) is 13.8. The van der Waals surface area contributed by atoms with Gasteiger partial charge in [0.2, 0.25) is 0 Å². The van der Waals surface area contributed by atoms with Gasteiger partial charge in [0.05, 0.1) is 0 Å². The molecule has 1 aliphatic heterocycles. The van der Waals surface area contributed by atoms with Crippen LogP contribution in [0.2, 0.25) is 0 Å². The van der Waals surface area contributed by atoms with Crippen LogP contribution in [-0.4, -0.2) is 55.0 Å². The van der Waals surface area contributed by atoms with E-state index in [0.29, 0.717) is 51.4 Å². The van der Waals surface area contributed by atoms with Crippen molar-refractivity contribution >= 4 is 26.2 Å². The van der Waals surface area contributed by atoms with Crippen molar-refractivity contribution in [1.29, 1.82) is 0 Å². The molecule has 1 aliphatic rings. The average Bonchev–Trinajstić information content (AvgIpc) is 2.82. The van der Waals surface area contributed by atoms with Gasteiger partial charge < -0.3 is 0 Å². The van der Waals surface area contributed by atoms with Crippen LogP contribution < -0.4 is 17.0 Å². The van der Waals surface area contributed by atoms with E-state index in [9.17, 15) is 9.59 Å². The van der Waals surface area contributed by atoms with Crippen molar-refractivity contribution in [2.45, 2.75) is 31.6 Å². The van der Waals surface area contributed by atoms with Gasteiger partial charge in [-0.05, 0) is 0 Å². The second-order valence-electron chi connectivity index (χ2n) is 4.48. The Labute approximate surface area is 126 Å². The summed E-state index contributed by atoms with van der Waals surface area (Å²) in [6.07, 6.45) is 3.31. The molecule has 7 nitrogen and oxygen atoms in total. The summed E-state index contributed by atoms with van der Waals surface area (Å²) in [6, 6.07) is 0. The summed E-state index contributed by atoms with van der Waals surface area (Å²) in [4.78, 5) is 25.7. The average molecular weight is 459 g/mol. The molecule has 1 aromatic rings. The van der Waals surface area contributed by atoms with E-state index >= 15 is 0 Å². The number of nitrogens with two attached hydrogens (primary N) is 1. The van der Waals surface area contributed by atoms with Gasteiger partial charge in [0.25, 0.3) is 0 Å². The third-order valence-corrected chi connectivity index (χ3v) is 3.88. The Hall–Kier alpha value is -0.518. The summed E-state index contributed by atoms with van der Waals surface area (Å²) < 4.78 is 12.4. The number of nitrogens with zero attached hydrogens (tertiary/aromatic N) is 1. The first kappa shape index (κ1) is 14.9. The van der Waals surface area contributed by atoms with E-state index in [4.69, 9.17) is 13.2 Å². The van der Waals surface area contributed by atoms with Crippen LogP contribution in [0.15, 0.2) is 15.8 Å². The van der Waals surface area contributed by atoms with Gasteiger partial charge in [0.15, 0.2) is 0 Å². The zero-order valence-electron chi connectivity index (χ0n) is 10.5. The van der Waals surface area contributed by atoms with Crippen molar-refractivity contribution in [2.24, 2.45) is 5.73 Å². The molecule has 2 rings (SSSR count). The molecule has 0 amide bonds. The van der Waals surface area contributed by atoms with E-state index in [0.717, 1.165) is 12.8 Å². The minimum atomic E-state index is -0.440. The molecule has 19 heavy (non-hydrogen) atoms. The Balaban J connectivity index is 2.23. The first-order chi connectivity index (χ1) is 9.15. The molecule has 0 spiro atoms. The van der Waals surface area contributed by atoms with Crippen molar-refractivity contribution < 1.29 is 7.42 Å². The van der Waals surface area contributed by atoms with Crippen LogP contribution in [0, 0.1) is 0 Å². The van der Waals surface area contributed by atoms with Crippen LogP contribution in [0.25, 0.3) is 0 Å². The van der Waals surface area contributed by atoms with Crippen molar-refractivity contribution in [3.63, 3.8) is 0 Å². The summed E-state index contributed by atoms with van der Waals surface area (Å²) in [5.41, 5.74) is 5.15. The van der Waals surface area contributed by atoms with E-state index in [1.807, 2.05) is 0 Å². The van der Waals surface area contributed by atoms with Gasteiger partial charge >= 0.3 is 126 Å². The summed E-state index contributed by atoms with van der Waals surface area (Å²) in [7, 11) is 0. The molecule has 2 atom stereocenters. The van der Waals surface area contributed by atoms with Gasteiger partial charge in [-0.25, -0.2) is 0 Å². The van der Waals surface area contributed by atoms with Gasteiger partial charge in [0, 0.05) is 0 Å². The van der Waals surface area contributed by atoms with E-state index < -0.39 is 5.69 Å². The van der Waals surface area contributed by atoms with E-state index in [1.54, 1.807) is 6.20 Å². The van der Waals surface area contributed by atoms with Crippen LogP contribution in [0.3, 0.4) is 0 Å². The topological polar surface area (TPSA) is 99.3 Å². The van der Waals surface area contributed by atoms with Crippen LogP contribution in [-0.2, 0) is 13.8 Å². The number of ether oxygens (including phenoxy) is 1. The molecule has 0 bridgehead atoms. The zero-order valence-corrected chi connectivity index (χ0v) is 15.0. The Morgan fingerprint density at radius 3 is 3.00 bits per heavy atom. The van der Waals surface area contributed by atoms with E-state index in [1.165, 1.54) is 4.57 Å². The normalized spacial score (nSPS) is 22.7. The second kappa shape index (κ2) is 6.77. The maximum absolute atomic E-state index is 11.8. The number of aromatic nitrogens is 2. The Morgan fingerprint density at radius 1 is 1.53 bits per heavy atom. The molecule has 1 saturated heterocycles. The molecule has 3 N–H and O–H groups in total. The molecular weight excluding hydrogens is 443 g/mol. The summed E-state index contributed by atoms with van der Waals surface area (Å²) >= 11 is 0.486. The molecule has 8 heteroatoms. The molecule has 2 unspecified atom stereocenters. The molecule has 102 valence electrons. The SMILES string of the molecule is NCCc1cn(C2CCC(C[O][Tl])O2)c(=O)[nH]c1=O. The predicted octanol–water partition coefficient (Wildman–Crippen LogP) is -1.18. The Morgan fingerprint density at radius 2 is 2.32 bits per heavy atom. The van der Waals surface area contributed by atoms with Gasteiger partial charge in [0.1, 0.15) is 0 Å². The number of H-pyrrole nitrogens is 1. The van der Waals surface area contributed by atoms with E-state index in [-0.39, 0.29) is 17.9 Å². The Bertz CT molecular complexity index is 541. The van der Waals surface area contributed by atoms with Crippen molar-refractivity contribution in [3.8, 4) is 0 Å². The fourth-order valence-electron chi connectivity index (χ4n) is 2.20. The predicted molar refractivity (Wildman–Crippen MR) is 68.9 cm³/mol. The van der Waals surface area contributed by atoms with Gasteiger partial charge in [-0.3, -0.25) is 0 Å². The third kappa shape index (κ3) is 3.52. The number of rotatable bonds is 5. The van der Waals surface area contributed by atoms with Crippen molar-refractivity contribution in [1.82, 2.24) is 9.55 Å². The van der Waals surface area contributed by atoms with Gasteiger partial charge in [-0.1, -0.05) is 0 Å². The second-order valence-corrected chi connectivity index (χ2v) is 5.78. The number of hydrogen-bond acceptors (Lipinski definition) is 5. The first-order valence-corrected chi connectivity index (χ1v) is 8.00. The molecule has 0 aromatic carbocycles. The molecule has 0 aliphatic carbocycles. The summed E-state index contributed by atoms with van der Waals surface area (Å²) in [5.74, 6) is 0. The quantitative estimate of drug-likeness (QED) is 0.541. The molecule has 2 heterocycles. The molecule has 0 saturated carbocycles. The Kier molecular flexibility index (Phi) is 5.30. The summed E-state index contributed by atoms with van der Waals surface area (Å²) in [5, 5.41) is 0. The minimum absolute atomic E-state index is 0.0341. The fourth-order valence-corrected chi connectivity index (χ4v) is 3.03. The van der Waals surface area contributed by atoms with E-state index in [2.05, 4.69) is 4.98 Å². The summed E-state index contributed by atoms with van der Waals surface area (Å²) in [6.45, 7) is 0.944. The van der Waals surface area contributed by atoms with Crippen molar-refractivity contribution in [2.75, 3.05) is 13.2 Å². The van der Waals surface area contributed by atoms with Gasteiger partial charge in [-0.2, -0.15) is 0 Å². The third-order valence-electron chi connectivity index (χ3n) is 3.13. The van der Waals surface area contributed by atoms with Crippen LogP contribution in [0.5, 0.6) is 0 Å². The molecule has 0 radical (unpaired) electrons. The number of aromatic amines is 1. The molecule has 1 fully saturated rings. The number of nitrogens with one attached hydrogen (secondary N) is 1. The van der Waals surface area contributed by atoms with Crippen LogP contribution in [0.4, 0.5) is 0 Å². The first-order valence-electron chi connectivity index (χ1n) is 6.17. The standard InChI is InChI=1S/C11H16N3O4.Tl/c12-4-3-7-5-14(11(17)13-10(7)16)9-2-1-8(6-15)18-9;/h5,8-9H,1-4,6,12H2,(H,13,16,17);/q-1;+1. The van der Waals surface area contributed by atoms with Gasteiger partial charge in [-0.15, -0.1) is 0 Å². The monoisotopic (exact) mass is 459 g/mol. The maximum atomic E-state index is 11.8. The molecule has 1 aromatic heterocycles. The van der Waals surface area contributed by atoms with Crippen molar-refractivity contribution in [3.05, 3.63) is 32.6 Å².